The Morgan fingerprint density at radius 2 is 1.90 bits per heavy atom. The largest absolute Gasteiger partial charge is 0.493 e. The van der Waals surface area contributed by atoms with E-state index < -0.39 is 0 Å². The molecule has 1 amide bonds. The van der Waals surface area contributed by atoms with Crippen molar-refractivity contribution in [3.8, 4) is 11.5 Å². The third-order valence-corrected chi connectivity index (χ3v) is 2.97. The van der Waals surface area contributed by atoms with E-state index >= 15 is 0 Å². The number of carbonyl (C=O) groups is 1. The molecule has 0 radical (unpaired) electrons. The summed E-state index contributed by atoms with van der Waals surface area (Å²) in [5, 5.41) is 10.3. The van der Waals surface area contributed by atoms with Crippen molar-refractivity contribution in [3.05, 3.63) is 46.7 Å². The number of aromatic nitrogens is 2. The van der Waals surface area contributed by atoms with Crippen LogP contribution in [-0.4, -0.2) is 30.3 Å². The zero-order chi connectivity index (χ0) is 15.2. The Morgan fingerprint density at radius 3 is 2.52 bits per heavy atom. The van der Waals surface area contributed by atoms with E-state index in [9.17, 15) is 4.79 Å². The fraction of sp³-hybridized carbons (Fsp3) is 0.214. The number of amides is 1. The van der Waals surface area contributed by atoms with Gasteiger partial charge in [0.25, 0.3) is 5.91 Å². The van der Waals surface area contributed by atoms with E-state index in [2.05, 4.69) is 15.5 Å². The molecule has 0 aliphatic heterocycles. The molecule has 0 bridgehead atoms. The number of nitrogens with zero attached hydrogens (tertiary/aromatic N) is 2. The Kier molecular flexibility index (Phi) is 4.94. The van der Waals surface area contributed by atoms with E-state index in [1.807, 2.05) is 6.07 Å². The smallest absolute Gasteiger partial charge is 0.272 e. The van der Waals surface area contributed by atoms with Gasteiger partial charge in [0, 0.05) is 6.54 Å². The van der Waals surface area contributed by atoms with E-state index in [1.165, 1.54) is 12.1 Å². The molecule has 1 heterocycles. The normalized spacial score (nSPS) is 10.0. The topological polar surface area (TPSA) is 73.3 Å². The van der Waals surface area contributed by atoms with Crippen LogP contribution in [0.25, 0.3) is 0 Å². The number of nitrogens with one attached hydrogen (secondary N) is 1. The number of hydrogen-bond donors (Lipinski definition) is 1. The summed E-state index contributed by atoms with van der Waals surface area (Å²) in [6, 6.07) is 8.45. The van der Waals surface area contributed by atoms with Crippen LogP contribution in [0.4, 0.5) is 0 Å². The Bertz CT molecular complexity index is 632. The number of ether oxygens (including phenoxy) is 2. The third-order valence-electron chi connectivity index (χ3n) is 2.77. The van der Waals surface area contributed by atoms with Crippen LogP contribution < -0.4 is 14.8 Å². The van der Waals surface area contributed by atoms with Gasteiger partial charge in [0.05, 0.1) is 14.2 Å². The summed E-state index contributed by atoms with van der Waals surface area (Å²) in [5.74, 6) is 0.917. The first-order valence-corrected chi connectivity index (χ1v) is 6.50. The Hall–Kier alpha value is -2.34. The van der Waals surface area contributed by atoms with Gasteiger partial charge >= 0.3 is 0 Å². The minimum atomic E-state index is -0.325. The van der Waals surface area contributed by atoms with E-state index in [4.69, 9.17) is 21.1 Å². The predicted molar refractivity (Wildman–Crippen MR) is 77.8 cm³/mol. The average Bonchev–Trinajstić information content (AvgIpc) is 2.52. The van der Waals surface area contributed by atoms with Crippen LogP contribution in [-0.2, 0) is 6.54 Å². The van der Waals surface area contributed by atoms with Crippen LogP contribution >= 0.6 is 11.6 Å². The number of methoxy groups -OCH3 is 2. The lowest BCUT2D eigenvalue weighted by atomic mass is 10.2. The molecule has 0 spiro atoms. The molecule has 0 aliphatic carbocycles. The van der Waals surface area contributed by atoms with E-state index in [-0.39, 0.29) is 16.8 Å². The van der Waals surface area contributed by atoms with Gasteiger partial charge in [0.1, 0.15) is 0 Å². The lowest BCUT2D eigenvalue weighted by molar-refractivity contribution is 0.0945. The summed E-state index contributed by atoms with van der Waals surface area (Å²) >= 11 is 5.62. The molecule has 0 atom stereocenters. The lowest BCUT2D eigenvalue weighted by Gasteiger charge is -2.10. The second kappa shape index (κ2) is 6.90. The first-order chi connectivity index (χ1) is 10.1. The summed E-state index contributed by atoms with van der Waals surface area (Å²) in [6.45, 7) is 0.337. The van der Waals surface area contributed by atoms with Gasteiger partial charge in [0.2, 0.25) is 0 Å². The number of halogens is 1. The summed E-state index contributed by atoms with van der Waals surface area (Å²) in [5.41, 5.74) is 1.09. The SMILES string of the molecule is COc1ccc(CNC(=O)c2ccc(Cl)nn2)cc1OC. The highest BCUT2D eigenvalue weighted by molar-refractivity contribution is 6.29. The van der Waals surface area contributed by atoms with Crippen molar-refractivity contribution < 1.29 is 14.3 Å². The van der Waals surface area contributed by atoms with E-state index in [0.717, 1.165) is 5.56 Å². The van der Waals surface area contributed by atoms with Gasteiger partial charge in [-0.05, 0) is 29.8 Å². The second-order valence-corrected chi connectivity index (χ2v) is 4.50. The molecule has 1 aromatic carbocycles. The fourth-order valence-electron chi connectivity index (χ4n) is 1.70. The Morgan fingerprint density at radius 1 is 1.14 bits per heavy atom. The highest BCUT2D eigenvalue weighted by atomic mass is 35.5. The van der Waals surface area contributed by atoms with Gasteiger partial charge in [-0.2, -0.15) is 0 Å². The first kappa shape index (κ1) is 15.1. The summed E-state index contributed by atoms with van der Waals surface area (Å²) in [7, 11) is 3.13. The molecular weight excluding hydrogens is 294 g/mol. The van der Waals surface area contributed by atoms with Gasteiger partial charge in [-0.1, -0.05) is 17.7 Å². The van der Waals surface area contributed by atoms with Crippen molar-refractivity contribution in [1.82, 2.24) is 15.5 Å². The van der Waals surface area contributed by atoms with Crippen molar-refractivity contribution in [1.29, 1.82) is 0 Å². The molecule has 6 nitrogen and oxygen atoms in total. The maximum Gasteiger partial charge on any atom is 0.272 e. The lowest BCUT2D eigenvalue weighted by Crippen LogP contribution is -2.24. The molecule has 1 aromatic heterocycles. The molecule has 0 saturated heterocycles. The Balaban J connectivity index is 2.02. The van der Waals surface area contributed by atoms with Gasteiger partial charge < -0.3 is 14.8 Å². The average molecular weight is 308 g/mol. The summed E-state index contributed by atoms with van der Waals surface area (Å²) < 4.78 is 10.4. The zero-order valence-corrected chi connectivity index (χ0v) is 12.3. The quantitative estimate of drug-likeness (QED) is 0.915. The van der Waals surface area contributed by atoms with Gasteiger partial charge in [-0.3, -0.25) is 4.79 Å². The van der Waals surface area contributed by atoms with Crippen molar-refractivity contribution in [2.75, 3.05) is 14.2 Å². The molecule has 0 saturated carbocycles. The van der Waals surface area contributed by atoms with Crippen molar-refractivity contribution in [3.63, 3.8) is 0 Å². The highest BCUT2D eigenvalue weighted by Gasteiger charge is 2.09. The fourth-order valence-corrected chi connectivity index (χ4v) is 1.80. The Labute approximate surface area is 127 Å². The highest BCUT2D eigenvalue weighted by Crippen LogP contribution is 2.27. The van der Waals surface area contributed by atoms with Gasteiger partial charge in [-0.25, -0.2) is 0 Å². The minimum absolute atomic E-state index is 0.208. The maximum absolute atomic E-state index is 11.9. The van der Waals surface area contributed by atoms with Crippen LogP contribution in [0.3, 0.4) is 0 Å². The number of carbonyl (C=O) groups excluding carboxylic acids is 1. The molecule has 1 N–H and O–H groups in total. The standard InChI is InChI=1S/C14H14ClN3O3/c1-20-11-5-3-9(7-12(11)21-2)8-16-14(19)10-4-6-13(15)18-17-10/h3-7H,8H2,1-2H3,(H,16,19). The van der Waals surface area contributed by atoms with E-state index in [0.29, 0.717) is 18.0 Å². The molecule has 7 heteroatoms. The second-order valence-electron chi connectivity index (χ2n) is 4.11. The molecule has 2 aromatic rings. The molecular formula is C14H14ClN3O3. The van der Waals surface area contributed by atoms with Crippen LogP contribution in [0.1, 0.15) is 16.1 Å². The molecule has 0 unspecified atom stereocenters. The van der Waals surface area contributed by atoms with Crippen LogP contribution in [0.5, 0.6) is 11.5 Å². The van der Waals surface area contributed by atoms with Crippen molar-refractivity contribution in [2.24, 2.45) is 0 Å². The van der Waals surface area contributed by atoms with Gasteiger partial charge in [-0.15, -0.1) is 10.2 Å². The number of benzene rings is 1. The van der Waals surface area contributed by atoms with Gasteiger partial charge in [0.15, 0.2) is 22.3 Å². The molecule has 21 heavy (non-hydrogen) atoms. The number of rotatable bonds is 5. The summed E-state index contributed by atoms with van der Waals surface area (Å²) in [6.07, 6.45) is 0. The number of hydrogen-bond acceptors (Lipinski definition) is 5. The predicted octanol–water partition coefficient (Wildman–Crippen LogP) is 2.08. The first-order valence-electron chi connectivity index (χ1n) is 6.12. The van der Waals surface area contributed by atoms with Crippen LogP contribution in [0.15, 0.2) is 30.3 Å². The molecule has 2 rings (SSSR count). The zero-order valence-electron chi connectivity index (χ0n) is 11.6. The minimum Gasteiger partial charge on any atom is -0.493 e. The summed E-state index contributed by atoms with van der Waals surface area (Å²) in [4.78, 5) is 11.9. The van der Waals surface area contributed by atoms with Crippen LogP contribution in [0, 0.1) is 0 Å². The molecule has 110 valence electrons. The third kappa shape index (κ3) is 3.82. The van der Waals surface area contributed by atoms with Crippen molar-refractivity contribution in [2.45, 2.75) is 6.54 Å². The van der Waals surface area contributed by atoms with Crippen LogP contribution in [0.2, 0.25) is 5.15 Å². The molecule has 0 fully saturated rings. The van der Waals surface area contributed by atoms with Crippen molar-refractivity contribution >= 4 is 17.5 Å². The monoisotopic (exact) mass is 307 g/mol. The molecule has 0 aliphatic rings. The van der Waals surface area contributed by atoms with E-state index in [1.54, 1.807) is 26.4 Å². The maximum atomic E-state index is 11.9.